The van der Waals surface area contributed by atoms with Gasteiger partial charge in [-0.1, -0.05) is 17.7 Å². The van der Waals surface area contributed by atoms with Crippen molar-refractivity contribution in [3.8, 4) is 5.69 Å². The van der Waals surface area contributed by atoms with Gasteiger partial charge in [-0.05, 0) is 38.0 Å². The lowest BCUT2D eigenvalue weighted by Gasteiger charge is -2.03. The fraction of sp³-hybridized carbons (Fsp3) is 0.235. The Balaban J connectivity index is 1.53. The van der Waals surface area contributed by atoms with Crippen molar-refractivity contribution < 1.29 is 4.79 Å². The summed E-state index contributed by atoms with van der Waals surface area (Å²) in [6.45, 7) is 1.73. The Bertz CT molecular complexity index is 933. The third-order valence-electron chi connectivity index (χ3n) is 3.91. The zero-order chi connectivity index (χ0) is 17.4. The van der Waals surface area contributed by atoms with Crippen LogP contribution in [0.25, 0.3) is 5.69 Å². The minimum absolute atomic E-state index is 0.242. The molecular weight excluding hydrogens is 340 g/mol. The molecule has 0 atom stereocenters. The van der Waals surface area contributed by atoms with E-state index in [0.717, 1.165) is 18.7 Å². The van der Waals surface area contributed by atoms with Crippen molar-refractivity contribution in [2.75, 3.05) is 5.32 Å². The first-order valence-corrected chi connectivity index (χ1v) is 8.31. The molecule has 126 valence electrons. The number of halogens is 1. The molecule has 1 aromatic carbocycles. The van der Waals surface area contributed by atoms with Crippen molar-refractivity contribution in [2.45, 2.75) is 25.7 Å². The predicted octanol–water partition coefficient (Wildman–Crippen LogP) is 3.15. The van der Waals surface area contributed by atoms with Crippen molar-refractivity contribution in [2.24, 2.45) is 0 Å². The molecule has 2 heterocycles. The summed E-state index contributed by atoms with van der Waals surface area (Å²) in [5.41, 5.74) is 1.98. The van der Waals surface area contributed by atoms with Crippen LogP contribution < -0.4 is 5.32 Å². The Morgan fingerprint density at radius 1 is 1.24 bits per heavy atom. The van der Waals surface area contributed by atoms with E-state index in [1.54, 1.807) is 37.5 Å². The molecule has 1 saturated carbocycles. The summed E-state index contributed by atoms with van der Waals surface area (Å²) in [5, 5.41) is 11.9. The molecule has 25 heavy (non-hydrogen) atoms. The van der Waals surface area contributed by atoms with Crippen LogP contribution in [0.15, 0.2) is 36.7 Å². The number of aromatic nitrogens is 5. The van der Waals surface area contributed by atoms with E-state index in [-0.39, 0.29) is 11.6 Å². The molecule has 0 unspecified atom stereocenters. The topological polar surface area (TPSA) is 85.6 Å². The number of nitrogens with zero attached hydrogens (tertiary/aromatic N) is 5. The van der Waals surface area contributed by atoms with E-state index < -0.39 is 0 Å². The van der Waals surface area contributed by atoms with Crippen LogP contribution in [-0.4, -0.2) is 30.9 Å². The average Bonchev–Trinajstić information content (AvgIpc) is 3.37. The lowest BCUT2D eigenvalue weighted by Crippen LogP contribution is -2.15. The maximum atomic E-state index is 12.5. The van der Waals surface area contributed by atoms with Crippen molar-refractivity contribution in [1.29, 1.82) is 0 Å². The van der Waals surface area contributed by atoms with E-state index in [4.69, 9.17) is 11.6 Å². The van der Waals surface area contributed by atoms with E-state index in [9.17, 15) is 4.79 Å². The van der Waals surface area contributed by atoms with E-state index >= 15 is 0 Å². The van der Waals surface area contributed by atoms with Crippen LogP contribution in [0, 0.1) is 6.92 Å². The van der Waals surface area contributed by atoms with Gasteiger partial charge in [-0.25, -0.2) is 9.97 Å². The molecule has 0 saturated heterocycles. The van der Waals surface area contributed by atoms with Gasteiger partial charge in [-0.15, -0.1) is 5.10 Å². The summed E-state index contributed by atoms with van der Waals surface area (Å²) in [6, 6.07) is 7.11. The van der Waals surface area contributed by atoms with Crippen LogP contribution in [0.1, 0.15) is 40.8 Å². The highest BCUT2D eigenvalue weighted by Crippen LogP contribution is 2.37. The molecule has 1 fully saturated rings. The molecule has 2 aromatic heterocycles. The van der Waals surface area contributed by atoms with E-state index in [1.165, 1.54) is 4.80 Å². The number of rotatable bonds is 4. The van der Waals surface area contributed by atoms with Crippen molar-refractivity contribution in [3.63, 3.8) is 0 Å². The molecule has 0 bridgehead atoms. The second-order valence-corrected chi connectivity index (χ2v) is 6.40. The number of nitrogens with one attached hydrogen (secondary N) is 1. The van der Waals surface area contributed by atoms with Crippen LogP contribution >= 0.6 is 11.6 Å². The minimum atomic E-state index is -0.353. The Morgan fingerprint density at radius 2 is 2.00 bits per heavy atom. The van der Waals surface area contributed by atoms with E-state index in [1.807, 2.05) is 6.07 Å². The Labute approximate surface area is 149 Å². The number of anilines is 1. The maximum Gasteiger partial charge on any atom is 0.278 e. The summed E-state index contributed by atoms with van der Waals surface area (Å²) in [4.78, 5) is 22.4. The van der Waals surface area contributed by atoms with E-state index in [0.29, 0.717) is 28.0 Å². The highest BCUT2D eigenvalue weighted by molar-refractivity contribution is 6.30. The number of benzene rings is 1. The normalized spacial score (nSPS) is 13.7. The summed E-state index contributed by atoms with van der Waals surface area (Å²) < 4.78 is 0. The third-order valence-corrected chi connectivity index (χ3v) is 4.14. The maximum absolute atomic E-state index is 12.5. The number of carbonyl (C=O) groups is 1. The SMILES string of the molecule is Cc1nn(-c2cccc(Cl)c2)nc1C(=O)Nc1cnc(C2CC2)nc1. The minimum Gasteiger partial charge on any atom is -0.318 e. The monoisotopic (exact) mass is 354 g/mol. The largest absolute Gasteiger partial charge is 0.318 e. The van der Waals surface area contributed by atoms with Crippen LogP contribution in [0.5, 0.6) is 0 Å². The van der Waals surface area contributed by atoms with Gasteiger partial charge in [0, 0.05) is 10.9 Å². The molecule has 0 spiro atoms. The summed E-state index contributed by atoms with van der Waals surface area (Å²) in [7, 11) is 0. The molecule has 4 rings (SSSR count). The van der Waals surface area contributed by atoms with Crippen LogP contribution in [0.4, 0.5) is 5.69 Å². The number of carbonyl (C=O) groups excluding carboxylic acids is 1. The summed E-state index contributed by atoms with van der Waals surface area (Å²) in [5.74, 6) is 0.958. The second kappa shape index (κ2) is 6.25. The lowest BCUT2D eigenvalue weighted by atomic mass is 10.3. The van der Waals surface area contributed by atoms with Crippen molar-refractivity contribution >= 4 is 23.2 Å². The molecule has 0 radical (unpaired) electrons. The van der Waals surface area contributed by atoms with E-state index in [2.05, 4.69) is 25.5 Å². The Hall–Kier alpha value is -2.80. The lowest BCUT2D eigenvalue weighted by molar-refractivity contribution is 0.102. The molecule has 1 aliphatic rings. The van der Waals surface area contributed by atoms with Crippen molar-refractivity contribution in [3.05, 3.63) is 58.9 Å². The van der Waals surface area contributed by atoms with Gasteiger partial charge in [0.2, 0.25) is 0 Å². The first-order chi connectivity index (χ1) is 12.1. The fourth-order valence-corrected chi connectivity index (χ4v) is 2.63. The smallest absolute Gasteiger partial charge is 0.278 e. The quantitative estimate of drug-likeness (QED) is 0.777. The molecule has 1 aliphatic carbocycles. The van der Waals surface area contributed by atoms with Gasteiger partial charge in [0.25, 0.3) is 5.91 Å². The Morgan fingerprint density at radius 3 is 2.68 bits per heavy atom. The molecule has 7 nitrogen and oxygen atoms in total. The predicted molar refractivity (Wildman–Crippen MR) is 93.1 cm³/mol. The number of hydrogen-bond donors (Lipinski definition) is 1. The molecular formula is C17H15ClN6O. The third kappa shape index (κ3) is 3.36. The summed E-state index contributed by atoms with van der Waals surface area (Å²) >= 11 is 5.99. The highest BCUT2D eigenvalue weighted by Gasteiger charge is 2.26. The standard InChI is InChI=1S/C17H15ClN6O/c1-10-15(23-24(22-10)14-4-2-3-12(18)7-14)17(25)21-13-8-19-16(20-9-13)11-5-6-11/h2-4,7-9,11H,5-6H2,1H3,(H,21,25). The van der Waals surface area contributed by atoms with Gasteiger partial charge in [0.15, 0.2) is 5.69 Å². The van der Waals surface area contributed by atoms with Crippen molar-refractivity contribution in [1.82, 2.24) is 25.0 Å². The van der Waals surface area contributed by atoms with Crippen LogP contribution in [0.2, 0.25) is 5.02 Å². The molecule has 0 aliphatic heterocycles. The molecule has 1 amide bonds. The van der Waals surface area contributed by atoms with Gasteiger partial charge in [0.1, 0.15) is 5.82 Å². The highest BCUT2D eigenvalue weighted by atomic mass is 35.5. The Kier molecular flexibility index (Phi) is 3.93. The van der Waals surface area contributed by atoms with Gasteiger partial charge < -0.3 is 5.32 Å². The summed E-state index contributed by atoms with van der Waals surface area (Å²) in [6.07, 6.45) is 5.51. The first kappa shape index (κ1) is 15.7. The molecule has 3 aromatic rings. The van der Waals surface area contributed by atoms with Gasteiger partial charge in [-0.2, -0.15) is 9.90 Å². The average molecular weight is 355 g/mol. The number of amides is 1. The molecule has 8 heteroatoms. The first-order valence-electron chi connectivity index (χ1n) is 7.93. The number of hydrogen-bond acceptors (Lipinski definition) is 5. The van der Waals surface area contributed by atoms with Gasteiger partial charge in [0.05, 0.1) is 29.5 Å². The second-order valence-electron chi connectivity index (χ2n) is 5.96. The fourth-order valence-electron chi connectivity index (χ4n) is 2.45. The zero-order valence-electron chi connectivity index (χ0n) is 13.5. The molecule has 1 N–H and O–H groups in total. The van der Waals surface area contributed by atoms with Gasteiger partial charge >= 0.3 is 0 Å². The van der Waals surface area contributed by atoms with Gasteiger partial charge in [-0.3, -0.25) is 4.79 Å². The van der Waals surface area contributed by atoms with Crippen LogP contribution in [-0.2, 0) is 0 Å². The van der Waals surface area contributed by atoms with Crippen LogP contribution in [0.3, 0.4) is 0 Å². The zero-order valence-corrected chi connectivity index (χ0v) is 14.2. The number of aryl methyl sites for hydroxylation is 1.